The van der Waals surface area contributed by atoms with E-state index in [0.717, 1.165) is 24.1 Å². The number of hydrogen-bond donors (Lipinski definition) is 0. The zero-order valence-corrected chi connectivity index (χ0v) is 11.3. The average Bonchev–Trinajstić information content (AvgIpc) is 2.93. The van der Waals surface area contributed by atoms with E-state index in [4.69, 9.17) is 0 Å². The topological polar surface area (TPSA) is 17.1 Å². The van der Waals surface area contributed by atoms with Crippen LogP contribution in [-0.2, 0) is 6.42 Å². The first-order valence-corrected chi connectivity index (χ1v) is 7.35. The molecule has 0 radical (unpaired) electrons. The Kier molecular flexibility index (Phi) is 5.15. The highest BCUT2D eigenvalue weighted by Gasteiger charge is 2.05. The summed E-state index contributed by atoms with van der Waals surface area (Å²) in [6.45, 7) is 0. The van der Waals surface area contributed by atoms with Gasteiger partial charge in [-0.25, -0.2) is 0 Å². The molecule has 0 saturated carbocycles. The van der Waals surface area contributed by atoms with Crippen LogP contribution in [0.5, 0.6) is 0 Å². The highest BCUT2D eigenvalue weighted by atomic mass is 32.1. The van der Waals surface area contributed by atoms with Crippen molar-refractivity contribution in [3.05, 3.63) is 58.3 Å². The fraction of sp³-hybridized carbons (Fsp3) is 0.312. The molecular weight excluding hydrogens is 240 g/mol. The molecule has 18 heavy (non-hydrogen) atoms. The van der Waals surface area contributed by atoms with Gasteiger partial charge in [-0.3, -0.25) is 4.79 Å². The molecule has 1 heterocycles. The van der Waals surface area contributed by atoms with Crippen molar-refractivity contribution >= 4 is 17.1 Å². The number of carbonyl (C=O) groups is 1. The minimum atomic E-state index is 0.296. The van der Waals surface area contributed by atoms with E-state index in [2.05, 4.69) is 24.3 Å². The molecule has 0 N–H and O–H groups in total. The van der Waals surface area contributed by atoms with Crippen LogP contribution in [0, 0.1) is 0 Å². The molecule has 0 aliphatic carbocycles. The Balaban J connectivity index is 1.61. The molecule has 94 valence electrons. The van der Waals surface area contributed by atoms with Gasteiger partial charge in [-0.05, 0) is 36.3 Å². The summed E-state index contributed by atoms with van der Waals surface area (Å²) in [5.41, 5.74) is 1.39. The third-order valence-electron chi connectivity index (χ3n) is 3.01. The minimum Gasteiger partial charge on any atom is -0.293 e. The zero-order chi connectivity index (χ0) is 12.6. The number of unbranched alkanes of at least 4 members (excludes halogenated alkanes) is 2. The molecular formula is C16H18OS. The lowest BCUT2D eigenvalue weighted by atomic mass is 10.0. The molecule has 0 bridgehead atoms. The van der Waals surface area contributed by atoms with E-state index in [1.807, 2.05) is 23.6 Å². The van der Waals surface area contributed by atoms with Gasteiger partial charge in [0.15, 0.2) is 5.78 Å². The molecule has 2 rings (SSSR count). The van der Waals surface area contributed by atoms with Gasteiger partial charge in [-0.15, -0.1) is 11.3 Å². The lowest BCUT2D eigenvalue weighted by molar-refractivity contribution is 0.0983. The Hall–Kier alpha value is -1.41. The molecule has 0 fully saturated rings. The fourth-order valence-electron chi connectivity index (χ4n) is 2.00. The van der Waals surface area contributed by atoms with Crippen molar-refractivity contribution < 1.29 is 4.79 Å². The van der Waals surface area contributed by atoms with Crippen LogP contribution in [0.4, 0.5) is 0 Å². The van der Waals surface area contributed by atoms with Gasteiger partial charge < -0.3 is 0 Å². The van der Waals surface area contributed by atoms with E-state index in [0.29, 0.717) is 12.2 Å². The normalized spacial score (nSPS) is 10.4. The first kappa shape index (κ1) is 13.0. The van der Waals surface area contributed by atoms with Gasteiger partial charge in [-0.1, -0.05) is 42.8 Å². The van der Waals surface area contributed by atoms with Gasteiger partial charge in [0.1, 0.15) is 0 Å². The van der Waals surface area contributed by atoms with Crippen molar-refractivity contribution in [2.45, 2.75) is 32.1 Å². The minimum absolute atomic E-state index is 0.296. The molecule has 0 aliphatic rings. The van der Waals surface area contributed by atoms with Crippen LogP contribution in [0.2, 0.25) is 0 Å². The summed E-state index contributed by atoms with van der Waals surface area (Å²) in [6.07, 6.45) is 5.11. The second kappa shape index (κ2) is 7.12. The van der Waals surface area contributed by atoms with E-state index in [1.165, 1.54) is 12.0 Å². The monoisotopic (exact) mass is 258 g/mol. The van der Waals surface area contributed by atoms with Crippen molar-refractivity contribution in [2.75, 3.05) is 0 Å². The van der Waals surface area contributed by atoms with E-state index in [9.17, 15) is 4.79 Å². The van der Waals surface area contributed by atoms with Crippen LogP contribution in [-0.4, -0.2) is 5.78 Å². The van der Waals surface area contributed by atoms with Crippen LogP contribution in [0.3, 0.4) is 0 Å². The molecule has 0 amide bonds. The second-order valence-corrected chi connectivity index (χ2v) is 5.39. The Morgan fingerprint density at radius 1 is 0.944 bits per heavy atom. The van der Waals surface area contributed by atoms with E-state index in [1.54, 1.807) is 11.3 Å². The van der Waals surface area contributed by atoms with Gasteiger partial charge in [-0.2, -0.15) is 0 Å². The number of hydrogen-bond acceptors (Lipinski definition) is 2. The predicted octanol–water partition coefficient (Wildman–Crippen LogP) is 4.73. The van der Waals surface area contributed by atoms with Crippen LogP contribution in [0.1, 0.15) is 40.9 Å². The van der Waals surface area contributed by atoms with Gasteiger partial charge in [0, 0.05) is 6.42 Å². The SMILES string of the molecule is O=C(CCCCCc1ccccc1)c1cccs1. The summed E-state index contributed by atoms with van der Waals surface area (Å²) in [5, 5.41) is 1.96. The van der Waals surface area contributed by atoms with Crippen molar-refractivity contribution in [1.29, 1.82) is 0 Å². The highest BCUT2D eigenvalue weighted by Crippen LogP contribution is 2.14. The standard InChI is InChI=1S/C16H18OS/c17-15(16-12-7-13-18-16)11-6-2-5-10-14-8-3-1-4-9-14/h1,3-4,7-9,12-13H,2,5-6,10-11H2. The molecule has 1 nitrogen and oxygen atoms in total. The third kappa shape index (κ3) is 4.11. The number of carbonyl (C=O) groups excluding carboxylic acids is 1. The summed E-state index contributed by atoms with van der Waals surface area (Å²) in [7, 11) is 0. The number of rotatable bonds is 7. The lowest BCUT2D eigenvalue weighted by Crippen LogP contribution is -1.95. The number of benzene rings is 1. The summed E-state index contributed by atoms with van der Waals surface area (Å²) in [5.74, 6) is 0.296. The van der Waals surface area contributed by atoms with Gasteiger partial charge >= 0.3 is 0 Å². The van der Waals surface area contributed by atoms with Gasteiger partial charge in [0.2, 0.25) is 0 Å². The average molecular weight is 258 g/mol. The summed E-state index contributed by atoms with van der Waals surface area (Å²) in [6, 6.07) is 14.4. The second-order valence-electron chi connectivity index (χ2n) is 4.45. The predicted molar refractivity (Wildman–Crippen MR) is 77.3 cm³/mol. The lowest BCUT2D eigenvalue weighted by Gasteiger charge is -2.01. The number of Topliss-reactive ketones (excluding diaryl/α,β-unsaturated/α-hetero) is 1. The largest absolute Gasteiger partial charge is 0.293 e. The van der Waals surface area contributed by atoms with E-state index >= 15 is 0 Å². The fourth-order valence-corrected chi connectivity index (χ4v) is 2.69. The highest BCUT2D eigenvalue weighted by molar-refractivity contribution is 7.12. The molecule has 1 aromatic carbocycles. The Labute approximate surface area is 112 Å². The van der Waals surface area contributed by atoms with E-state index in [-0.39, 0.29) is 0 Å². The first-order chi connectivity index (χ1) is 8.86. The van der Waals surface area contributed by atoms with Crippen LogP contribution in [0.15, 0.2) is 47.8 Å². The number of thiophene rings is 1. The quantitative estimate of drug-likeness (QED) is 0.518. The van der Waals surface area contributed by atoms with Crippen LogP contribution in [0.25, 0.3) is 0 Å². The maximum absolute atomic E-state index is 11.7. The Bertz CT molecular complexity index is 459. The summed E-state index contributed by atoms with van der Waals surface area (Å²) >= 11 is 1.54. The van der Waals surface area contributed by atoms with Crippen LogP contribution < -0.4 is 0 Å². The van der Waals surface area contributed by atoms with Crippen molar-refractivity contribution in [3.8, 4) is 0 Å². The molecule has 0 saturated heterocycles. The molecule has 0 unspecified atom stereocenters. The van der Waals surface area contributed by atoms with Gasteiger partial charge in [0.25, 0.3) is 0 Å². The number of ketones is 1. The number of aryl methyl sites for hydroxylation is 1. The van der Waals surface area contributed by atoms with Crippen molar-refractivity contribution in [2.24, 2.45) is 0 Å². The van der Waals surface area contributed by atoms with Crippen molar-refractivity contribution in [1.82, 2.24) is 0 Å². The first-order valence-electron chi connectivity index (χ1n) is 6.47. The summed E-state index contributed by atoms with van der Waals surface area (Å²) in [4.78, 5) is 12.7. The van der Waals surface area contributed by atoms with Crippen molar-refractivity contribution in [3.63, 3.8) is 0 Å². The van der Waals surface area contributed by atoms with E-state index < -0.39 is 0 Å². The van der Waals surface area contributed by atoms with Gasteiger partial charge in [0.05, 0.1) is 4.88 Å². The smallest absolute Gasteiger partial charge is 0.172 e. The third-order valence-corrected chi connectivity index (χ3v) is 3.92. The molecule has 2 heteroatoms. The van der Waals surface area contributed by atoms with Crippen LogP contribution >= 0.6 is 11.3 Å². The maximum Gasteiger partial charge on any atom is 0.172 e. The maximum atomic E-state index is 11.7. The summed E-state index contributed by atoms with van der Waals surface area (Å²) < 4.78 is 0. The molecule has 0 spiro atoms. The Morgan fingerprint density at radius 2 is 1.78 bits per heavy atom. The molecule has 1 aromatic heterocycles. The Morgan fingerprint density at radius 3 is 2.50 bits per heavy atom. The molecule has 2 aromatic rings. The molecule has 0 atom stereocenters. The zero-order valence-electron chi connectivity index (χ0n) is 10.5. The molecule has 0 aliphatic heterocycles.